The van der Waals surface area contributed by atoms with Crippen molar-refractivity contribution >= 4 is 17.7 Å². The van der Waals surface area contributed by atoms with Crippen molar-refractivity contribution in [1.82, 2.24) is 14.8 Å². The van der Waals surface area contributed by atoms with Crippen LogP contribution in [0, 0.1) is 5.82 Å². The van der Waals surface area contributed by atoms with Crippen molar-refractivity contribution < 1.29 is 18.8 Å². The zero-order chi connectivity index (χ0) is 21.7. The van der Waals surface area contributed by atoms with Crippen LogP contribution in [0.2, 0.25) is 0 Å². The highest BCUT2D eigenvalue weighted by Gasteiger charge is 2.54. The number of benzene rings is 1. The van der Waals surface area contributed by atoms with E-state index in [1.807, 2.05) is 6.92 Å². The lowest BCUT2D eigenvalue weighted by Crippen LogP contribution is -2.42. The van der Waals surface area contributed by atoms with Crippen LogP contribution in [-0.2, 0) is 26.3 Å². The van der Waals surface area contributed by atoms with E-state index < -0.39 is 17.1 Å². The molecule has 3 rings (SSSR count). The number of pyridine rings is 1. The molecule has 1 aromatic carbocycles. The number of aromatic nitrogens is 1. The van der Waals surface area contributed by atoms with E-state index in [4.69, 9.17) is 0 Å². The van der Waals surface area contributed by atoms with Crippen LogP contribution in [0.1, 0.15) is 43.7 Å². The largest absolute Gasteiger partial charge is 0.346 e. The Balaban J connectivity index is 1.95. The second-order valence-corrected chi connectivity index (χ2v) is 7.76. The second-order valence-electron chi connectivity index (χ2n) is 7.76. The number of likely N-dealkylation sites (tertiary alicyclic amines) is 1. The number of halogens is 1. The number of hydrogen-bond acceptors (Lipinski definition) is 4. The fourth-order valence-electron chi connectivity index (χ4n) is 3.80. The van der Waals surface area contributed by atoms with Crippen LogP contribution in [0.5, 0.6) is 0 Å². The maximum absolute atomic E-state index is 14.0. The molecule has 6 nitrogen and oxygen atoms in total. The molecule has 1 aromatic heterocycles. The molecule has 1 aliphatic rings. The Morgan fingerprint density at radius 2 is 2.07 bits per heavy atom. The first-order chi connectivity index (χ1) is 14.4. The molecule has 0 aliphatic carbocycles. The lowest BCUT2D eigenvalue weighted by molar-refractivity contribution is -0.143. The molecule has 1 atom stereocenters. The minimum Gasteiger partial charge on any atom is -0.346 e. The molecule has 2 aromatic rings. The molecule has 0 radical (unpaired) electrons. The quantitative estimate of drug-likeness (QED) is 0.626. The number of carbonyl (C=O) groups excluding carboxylic acids is 3. The van der Waals surface area contributed by atoms with E-state index >= 15 is 0 Å². The summed E-state index contributed by atoms with van der Waals surface area (Å²) in [6, 6.07) is 9.14. The second kappa shape index (κ2) is 9.15. The monoisotopic (exact) mass is 411 g/mol. The maximum atomic E-state index is 14.0. The van der Waals surface area contributed by atoms with Gasteiger partial charge in [-0.2, -0.15) is 0 Å². The topological polar surface area (TPSA) is 70.6 Å². The van der Waals surface area contributed by atoms with Crippen molar-refractivity contribution in [3.8, 4) is 0 Å². The number of imide groups is 1. The lowest BCUT2D eigenvalue weighted by atomic mass is 9.75. The Kier molecular flexibility index (Phi) is 6.59. The predicted octanol–water partition coefficient (Wildman–Crippen LogP) is 3.07. The molecule has 2 heterocycles. The Hall–Kier alpha value is -3.09. The molecule has 3 amide bonds. The molecule has 0 unspecified atom stereocenters. The lowest BCUT2D eigenvalue weighted by Gasteiger charge is -2.29. The molecule has 1 aliphatic heterocycles. The predicted molar refractivity (Wildman–Crippen MR) is 110 cm³/mol. The summed E-state index contributed by atoms with van der Waals surface area (Å²) >= 11 is 0. The van der Waals surface area contributed by atoms with Gasteiger partial charge in [-0.05, 0) is 35.7 Å². The average Bonchev–Trinajstić information content (AvgIpc) is 2.97. The van der Waals surface area contributed by atoms with Gasteiger partial charge in [0.15, 0.2) is 0 Å². The highest BCUT2D eigenvalue weighted by atomic mass is 19.1. The first-order valence-electron chi connectivity index (χ1n) is 10.1. The fraction of sp³-hybridized carbons (Fsp3) is 0.391. The fourth-order valence-corrected chi connectivity index (χ4v) is 3.80. The van der Waals surface area contributed by atoms with E-state index in [0.29, 0.717) is 17.7 Å². The Morgan fingerprint density at radius 3 is 2.73 bits per heavy atom. The van der Waals surface area contributed by atoms with Crippen molar-refractivity contribution in [2.45, 2.75) is 44.6 Å². The summed E-state index contributed by atoms with van der Waals surface area (Å²) < 4.78 is 14.0. The summed E-state index contributed by atoms with van der Waals surface area (Å²) in [5, 5.41) is 0. The van der Waals surface area contributed by atoms with Gasteiger partial charge in [-0.15, -0.1) is 0 Å². The molecule has 0 saturated carbocycles. The van der Waals surface area contributed by atoms with E-state index in [1.165, 1.54) is 18.2 Å². The Labute approximate surface area is 175 Å². The molecule has 0 spiro atoms. The van der Waals surface area contributed by atoms with Gasteiger partial charge in [0.1, 0.15) is 5.82 Å². The van der Waals surface area contributed by atoms with Crippen LogP contribution in [0.4, 0.5) is 4.39 Å². The van der Waals surface area contributed by atoms with Gasteiger partial charge in [0.2, 0.25) is 17.7 Å². The molecule has 0 N–H and O–H groups in total. The Bertz CT molecular complexity index is 934. The van der Waals surface area contributed by atoms with Crippen LogP contribution in [0.3, 0.4) is 0 Å². The zero-order valence-corrected chi connectivity index (χ0v) is 17.3. The number of unbranched alkanes of at least 4 members (excludes halogenated alkanes) is 1. The van der Waals surface area contributed by atoms with Gasteiger partial charge in [0.05, 0.1) is 12.0 Å². The summed E-state index contributed by atoms with van der Waals surface area (Å²) in [4.78, 5) is 46.0. The highest BCUT2D eigenvalue weighted by Crippen LogP contribution is 2.41. The average molecular weight is 411 g/mol. The summed E-state index contributed by atoms with van der Waals surface area (Å²) in [5.41, 5.74) is -0.341. The third-order valence-corrected chi connectivity index (χ3v) is 5.58. The third kappa shape index (κ3) is 4.40. The van der Waals surface area contributed by atoms with Crippen molar-refractivity contribution in [1.29, 1.82) is 0 Å². The van der Waals surface area contributed by atoms with Crippen LogP contribution in [-0.4, -0.2) is 46.1 Å². The number of nitrogens with zero attached hydrogens (tertiary/aromatic N) is 3. The van der Waals surface area contributed by atoms with Gasteiger partial charge in [0.25, 0.3) is 0 Å². The number of rotatable bonds is 8. The number of hydrogen-bond donors (Lipinski definition) is 0. The summed E-state index contributed by atoms with van der Waals surface area (Å²) in [5.74, 6) is -1.60. The normalized spacial score (nSPS) is 18.7. The van der Waals surface area contributed by atoms with Gasteiger partial charge in [-0.3, -0.25) is 24.3 Å². The number of amides is 3. The van der Waals surface area contributed by atoms with E-state index in [1.54, 1.807) is 42.5 Å². The minimum absolute atomic E-state index is 0.0719. The van der Waals surface area contributed by atoms with Crippen LogP contribution in [0.15, 0.2) is 48.8 Å². The molecule has 0 bridgehead atoms. The van der Waals surface area contributed by atoms with E-state index in [9.17, 15) is 18.8 Å². The summed E-state index contributed by atoms with van der Waals surface area (Å²) in [6.45, 7) is 2.67. The van der Waals surface area contributed by atoms with Crippen LogP contribution < -0.4 is 0 Å². The summed E-state index contributed by atoms with van der Waals surface area (Å²) in [7, 11) is 1.69. The van der Waals surface area contributed by atoms with E-state index in [0.717, 1.165) is 17.7 Å². The third-order valence-electron chi connectivity index (χ3n) is 5.58. The SMILES string of the molecule is CCCCN(C)C(=O)C[C@@]1(c2cccc(F)c2)CC(=O)N(Cc2cccnc2)C1=O. The standard InChI is InChI=1S/C23H26FN3O3/c1-3-4-11-26(2)20(28)13-23(18-8-5-9-19(24)12-18)14-21(29)27(22(23)30)16-17-7-6-10-25-15-17/h5-10,12,15H,3-4,11,13-14,16H2,1-2H3/t23-/m0/s1. The molecular formula is C23H26FN3O3. The highest BCUT2D eigenvalue weighted by molar-refractivity contribution is 6.10. The van der Waals surface area contributed by atoms with E-state index in [-0.39, 0.29) is 31.2 Å². The minimum atomic E-state index is -1.40. The molecule has 158 valence electrons. The van der Waals surface area contributed by atoms with Crippen molar-refractivity contribution in [3.63, 3.8) is 0 Å². The summed E-state index contributed by atoms with van der Waals surface area (Å²) in [6.07, 6.45) is 4.64. The van der Waals surface area contributed by atoms with Crippen molar-refractivity contribution in [2.75, 3.05) is 13.6 Å². The van der Waals surface area contributed by atoms with Gasteiger partial charge in [-0.25, -0.2) is 4.39 Å². The first-order valence-corrected chi connectivity index (χ1v) is 10.1. The van der Waals surface area contributed by atoms with Gasteiger partial charge in [0, 0.05) is 38.8 Å². The van der Waals surface area contributed by atoms with Crippen LogP contribution in [0.25, 0.3) is 0 Å². The van der Waals surface area contributed by atoms with Gasteiger partial charge < -0.3 is 4.90 Å². The Morgan fingerprint density at radius 1 is 1.27 bits per heavy atom. The van der Waals surface area contributed by atoms with Crippen LogP contribution >= 0.6 is 0 Å². The molecule has 30 heavy (non-hydrogen) atoms. The molecule has 7 heteroatoms. The van der Waals surface area contributed by atoms with E-state index in [2.05, 4.69) is 4.98 Å². The van der Waals surface area contributed by atoms with Crippen molar-refractivity contribution in [3.05, 3.63) is 65.7 Å². The molecule has 1 saturated heterocycles. The zero-order valence-electron chi connectivity index (χ0n) is 17.3. The van der Waals surface area contributed by atoms with Gasteiger partial charge >= 0.3 is 0 Å². The smallest absolute Gasteiger partial charge is 0.241 e. The number of carbonyl (C=O) groups is 3. The first kappa shape index (κ1) is 21.6. The van der Waals surface area contributed by atoms with Crippen molar-refractivity contribution in [2.24, 2.45) is 0 Å². The maximum Gasteiger partial charge on any atom is 0.241 e. The van der Waals surface area contributed by atoms with Gasteiger partial charge in [-0.1, -0.05) is 31.5 Å². The molecular weight excluding hydrogens is 385 g/mol. The molecule has 1 fully saturated rings.